The van der Waals surface area contributed by atoms with Crippen LogP contribution in [-0.4, -0.2) is 32.5 Å². The van der Waals surface area contributed by atoms with E-state index >= 15 is 0 Å². The largest absolute Gasteiger partial charge is 0.316 e. The summed E-state index contributed by atoms with van der Waals surface area (Å²) in [7, 11) is -2.93. The van der Waals surface area contributed by atoms with Crippen molar-refractivity contribution >= 4 is 9.84 Å². The normalized spacial score (nSPS) is 18.3. The number of hydrogen-bond donors (Lipinski definition) is 1. The van der Waals surface area contributed by atoms with Gasteiger partial charge in [0.05, 0.1) is 11.0 Å². The van der Waals surface area contributed by atoms with E-state index in [1.165, 1.54) is 5.56 Å². The fraction of sp³-hybridized carbons (Fsp3) is 0.600. The van der Waals surface area contributed by atoms with E-state index in [9.17, 15) is 8.42 Å². The molecule has 0 atom stereocenters. The molecule has 1 aromatic rings. The molecule has 3 nitrogen and oxygen atoms in total. The topological polar surface area (TPSA) is 46.2 Å². The summed E-state index contributed by atoms with van der Waals surface area (Å²) in [6.07, 6.45) is 1.73. The Hall–Kier alpha value is -0.870. The van der Waals surface area contributed by atoms with Crippen molar-refractivity contribution in [1.82, 2.24) is 5.32 Å². The number of nitrogens with one attached hydrogen (secondary N) is 1. The van der Waals surface area contributed by atoms with Crippen LogP contribution < -0.4 is 5.32 Å². The molecule has 1 aliphatic heterocycles. The van der Waals surface area contributed by atoms with Gasteiger partial charge in [-0.15, -0.1) is 0 Å². The van der Waals surface area contributed by atoms with Gasteiger partial charge in [-0.25, -0.2) is 8.42 Å². The lowest BCUT2D eigenvalue weighted by atomic mass is 9.74. The standard InChI is InChI=1S/C15H23NO2S/c1-13(2)19(17,18)9-8-15(11-16-12-15)10-14-6-4-3-5-7-14/h3-7,13,16H,8-12H2,1-2H3. The zero-order chi connectivity index (χ0) is 13.9. The number of hydrogen-bond acceptors (Lipinski definition) is 3. The van der Waals surface area contributed by atoms with E-state index in [2.05, 4.69) is 17.4 Å². The SMILES string of the molecule is CC(C)S(=O)(=O)CCC1(Cc2ccccc2)CNC1. The zero-order valence-electron chi connectivity index (χ0n) is 11.7. The first-order valence-corrected chi connectivity index (χ1v) is 8.61. The first-order valence-electron chi connectivity index (χ1n) is 6.90. The van der Waals surface area contributed by atoms with Gasteiger partial charge in [-0.05, 0) is 32.3 Å². The van der Waals surface area contributed by atoms with E-state index in [1.54, 1.807) is 13.8 Å². The molecule has 0 radical (unpaired) electrons. The summed E-state index contributed by atoms with van der Waals surface area (Å²) in [5, 5.41) is 3.02. The molecule has 1 saturated heterocycles. The lowest BCUT2D eigenvalue weighted by molar-refractivity contribution is 0.161. The van der Waals surface area contributed by atoms with Gasteiger partial charge in [0.25, 0.3) is 0 Å². The Balaban J connectivity index is 2.00. The number of rotatable bonds is 6. The molecular formula is C15H23NO2S. The maximum absolute atomic E-state index is 11.9. The van der Waals surface area contributed by atoms with Gasteiger partial charge < -0.3 is 5.32 Å². The lowest BCUT2D eigenvalue weighted by Crippen LogP contribution is -2.55. The monoisotopic (exact) mass is 281 g/mol. The van der Waals surface area contributed by atoms with Gasteiger partial charge in [-0.3, -0.25) is 0 Å². The molecule has 4 heteroatoms. The quantitative estimate of drug-likeness (QED) is 0.868. The van der Waals surface area contributed by atoms with Crippen molar-refractivity contribution in [3.8, 4) is 0 Å². The third-order valence-electron chi connectivity index (χ3n) is 4.06. The summed E-state index contributed by atoms with van der Waals surface area (Å²) < 4.78 is 23.9. The maximum atomic E-state index is 11.9. The predicted molar refractivity (Wildman–Crippen MR) is 79.0 cm³/mol. The van der Waals surface area contributed by atoms with Crippen LogP contribution in [0.1, 0.15) is 25.8 Å². The van der Waals surface area contributed by atoms with Crippen LogP contribution >= 0.6 is 0 Å². The van der Waals surface area contributed by atoms with Crippen molar-refractivity contribution in [2.45, 2.75) is 31.9 Å². The Morgan fingerprint density at radius 1 is 1.21 bits per heavy atom. The highest BCUT2D eigenvalue weighted by Crippen LogP contribution is 2.32. The van der Waals surface area contributed by atoms with Crippen molar-refractivity contribution in [1.29, 1.82) is 0 Å². The first kappa shape index (κ1) is 14.5. The first-order chi connectivity index (χ1) is 8.94. The molecule has 1 aromatic carbocycles. The van der Waals surface area contributed by atoms with E-state index < -0.39 is 9.84 Å². The molecule has 0 aromatic heterocycles. The van der Waals surface area contributed by atoms with Crippen LogP contribution in [0.15, 0.2) is 30.3 Å². The van der Waals surface area contributed by atoms with E-state index in [0.717, 1.165) is 25.9 Å². The third kappa shape index (κ3) is 3.57. The second-order valence-electron chi connectivity index (χ2n) is 5.93. The van der Waals surface area contributed by atoms with E-state index in [-0.39, 0.29) is 10.7 Å². The third-order valence-corrected chi connectivity index (χ3v) is 6.27. The molecule has 19 heavy (non-hydrogen) atoms. The fourth-order valence-corrected chi connectivity index (χ4v) is 3.68. The molecule has 106 valence electrons. The summed E-state index contributed by atoms with van der Waals surface area (Å²) in [6, 6.07) is 10.3. The minimum absolute atomic E-state index is 0.128. The minimum Gasteiger partial charge on any atom is -0.316 e. The second kappa shape index (κ2) is 5.63. The van der Waals surface area contributed by atoms with Crippen LogP contribution in [-0.2, 0) is 16.3 Å². The Labute approximate surface area is 116 Å². The van der Waals surface area contributed by atoms with Crippen molar-refractivity contribution in [2.75, 3.05) is 18.8 Å². The van der Waals surface area contributed by atoms with Gasteiger partial charge >= 0.3 is 0 Å². The van der Waals surface area contributed by atoms with Crippen molar-refractivity contribution < 1.29 is 8.42 Å². The van der Waals surface area contributed by atoms with Gasteiger partial charge in [-0.1, -0.05) is 30.3 Å². The van der Waals surface area contributed by atoms with Crippen LogP contribution in [0, 0.1) is 5.41 Å². The van der Waals surface area contributed by atoms with Crippen LogP contribution in [0.5, 0.6) is 0 Å². The second-order valence-corrected chi connectivity index (χ2v) is 8.61. The van der Waals surface area contributed by atoms with Gasteiger partial charge in [0.2, 0.25) is 0 Å². The van der Waals surface area contributed by atoms with Crippen molar-refractivity contribution in [3.05, 3.63) is 35.9 Å². The fourth-order valence-electron chi connectivity index (χ4n) is 2.49. The highest BCUT2D eigenvalue weighted by molar-refractivity contribution is 7.91. The molecule has 0 amide bonds. The summed E-state index contributed by atoms with van der Waals surface area (Å²) in [6.45, 7) is 5.38. The van der Waals surface area contributed by atoms with Crippen LogP contribution in [0.25, 0.3) is 0 Å². The molecule has 1 aliphatic rings. The summed E-state index contributed by atoms with van der Waals surface area (Å²) >= 11 is 0. The van der Waals surface area contributed by atoms with Crippen molar-refractivity contribution in [2.24, 2.45) is 5.41 Å². The Bertz CT molecular complexity index is 504. The van der Waals surface area contributed by atoms with Crippen LogP contribution in [0.4, 0.5) is 0 Å². The smallest absolute Gasteiger partial charge is 0.152 e. The lowest BCUT2D eigenvalue weighted by Gasteiger charge is -2.43. The van der Waals surface area contributed by atoms with Gasteiger partial charge in [0.1, 0.15) is 0 Å². The predicted octanol–water partition coefficient (Wildman–Crippen LogP) is 2.03. The highest BCUT2D eigenvalue weighted by Gasteiger charge is 2.38. The summed E-state index contributed by atoms with van der Waals surface area (Å²) in [4.78, 5) is 0. The molecular weight excluding hydrogens is 258 g/mol. The van der Waals surface area contributed by atoms with E-state index in [4.69, 9.17) is 0 Å². The molecule has 0 spiro atoms. The van der Waals surface area contributed by atoms with E-state index in [0.29, 0.717) is 5.75 Å². The van der Waals surface area contributed by atoms with Crippen LogP contribution in [0.2, 0.25) is 0 Å². The number of benzene rings is 1. The average Bonchev–Trinajstić information content (AvgIpc) is 2.33. The summed E-state index contributed by atoms with van der Waals surface area (Å²) in [5.41, 5.74) is 1.43. The number of sulfone groups is 1. The molecule has 1 N–H and O–H groups in total. The Kier molecular flexibility index (Phi) is 4.31. The van der Waals surface area contributed by atoms with Gasteiger partial charge in [0, 0.05) is 18.5 Å². The molecule has 0 unspecified atom stereocenters. The highest BCUT2D eigenvalue weighted by atomic mass is 32.2. The Morgan fingerprint density at radius 3 is 2.32 bits per heavy atom. The molecule has 0 aliphatic carbocycles. The zero-order valence-corrected chi connectivity index (χ0v) is 12.5. The minimum atomic E-state index is -2.93. The molecule has 1 heterocycles. The Morgan fingerprint density at radius 2 is 1.84 bits per heavy atom. The maximum Gasteiger partial charge on any atom is 0.152 e. The molecule has 2 rings (SSSR count). The van der Waals surface area contributed by atoms with Crippen molar-refractivity contribution in [3.63, 3.8) is 0 Å². The molecule has 1 fully saturated rings. The molecule has 0 bridgehead atoms. The van der Waals surface area contributed by atoms with Gasteiger partial charge in [-0.2, -0.15) is 0 Å². The summed E-state index contributed by atoms with van der Waals surface area (Å²) in [5.74, 6) is 0.305. The van der Waals surface area contributed by atoms with Gasteiger partial charge in [0.15, 0.2) is 9.84 Å². The van der Waals surface area contributed by atoms with E-state index in [1.807, 2.05) is 18.2 Å². The average molecular weight is 281 g/mol. The van der Waals surface area contributed by atoms with Crippen LogP contribution in [0.3, 0.4) is 0 Å². The molecule has 0 saturated carbocycles.